The number of β-amino-alcohol motifs (C(OH)–C–C–N with tert-alkyl or cyclic N) is 1. The maximum absolute atomic E-state index is 12.8. The molecule has 1 aromatic rings. The average molecular weight is 246 g/mol. The summed E-state index contributed by atoms with van der Waals surface area (Å²) in [6.07, 6.45) is -0.145. The zero-order chi connectivity index (χ0) is 11.5. The van der Waals surface area contributed by atoms with Gasteiger partial charge in [0.2, 0.25) is 0 Å². The van der Waals surface area contributed by atoms with Gasteiger partial charge in [0.1, 0.15) is 23.8 Å². The van der Waals surface area contributed by atoms with Gasteiger partial charge >= 0.3 is 0 Å². The number of hydrogen-bond acceptors (Lipinski definition) is 3. The van der Waals surface area contributed by atoms with Gasteiger partial charge in [0.05, 0.1) is 5.02 Å². The Kier molecular flexibility index (Phi) is 3.63. The van der Waals surface area contributed by atoms with Crippen molar-refractivity contribution in [2.45, 2.75) is 18.6 Å². The van der Waals surface area contributed by atoms with Crippen LogP contribution in [0.3, 0.4) is 0 Å². The van der Waals surface area contributed by atoms with Gasteiger partial charge in [-0.15, -0.1) is 0 Å². The van der Waals surface area contributed by atoms with E-state index in [4.69, 9.17) is 16.3 Å². The summed E-state index contributed by atoms with van der Waals surface area (Å²) < 4.78 is 18.4. The summed E-state index contributed by atoms with van der Waals surface area (Å²) in [4.78, 5) is 0. The van der Waals surface area contributed by atoms with E-state index in [2.05, 4.69) is 5.32 Å². The zero-order valence-electron chi connectivity index (χ0n) is 8.62. The number of aliphatic hydroxyl groups is 1. The van der Waals surface area contributed by atoms with Gasteiger partial charge < -0.3 is 15.2 Å². The van der Waals surface area contributed by atoms with Crippen molar-refractivity contribution in [2.75, 3.05) is 13.1 Å². The molecule has 0 aromatic heterocycles. The van der Waals surface area contributed by atoms with Crippen LogP contribution in [0.25, 0.3) is 0 Å². The van der Waals surface area contributed by atoms with Crippen LogP contribution in [0, 0.1) is 5.82 Å². The van der Waals surface area contributed by atoms with Crippen LogP contribution in [0.15, 0.2) is 18.2 Å². The van der Waals surface area contributed by atoms with Crippen molar-refractivity contribution in [1.82, 2.24) is 5.32 Å². The summed E-state index contributed by atoms with van der Waals surface area (Å²) in [7, 11) is 0. The van der Waals surface area contributed by atoms with Gasteiger partial charge in [-0.05, 0) is 31.2 Å². The van der Waals surface area contributed by atoms with Crippen LogP contribution in [-0.4, -0.2) is 30.4 Å². The van der Waals surface area contributed by atoms with Crippen LogP contribution in [-0.2, 0) is 0 Å². The molecule has 0 spiro atoms. The molecule has 5 heteroatoms. The van der Waals surface area contributed by atoms with Crippen molar-refractivity contribution in [2.24, 2.45) is 0 Å². The van der Waals surface area contributed by atoms with E-state index in [0.717, 1.165) is 6.54 Å². The monoisotopic (exact) mass is 245 g/mol. The molecule has 2 unspecified atom stereocenters. The molecule has 0 bridgehead atoms. The fraction of sp³-hybridized carbons (Fsp3) is 0.455. The highest BCUT2D eigenvalue weighted by molar-refractivity contribution is 6.32. The minimum Gasteiger partial charge on any atom is -0.486 e. The third-order valence-electron chi connectivity index (χ3n) is 2.56. The Morgan fingerprint density at radius 2 is 2.31 bits per heavy atom. The Hall–Kier alpha value is -0.840. The van der Waals surface area contributed by atoms with E-state index in [0.29, 0.717) is 18.7 Å². The molecule has 1 aliphatic rings. The van der Waals surface area contributed by atoms with Crippen molar-refractivity contribution in [3.63, 3.8) is 0 Å². The first-order chi connectivity index (χ1) is 7.66. The third-order valence-corrected chi connectivity index (χ3v) is 2.86. The summed E-state index contributed by atoms with van der Waals surface area (Å²) in [5, 5.41) is 12.9. The SMILES string of the molecule is OC1CNCCC1Oc1ccc(F)cc1Cl. The molecule has 1 aromatic carbocycles. The number of ether oxygens (including phenoxy) is 1. The summed E-state index contributed by atoms with van der Waals surface area (Å²) in [6.45, 7) is 1.30. The van der Waals surface area contributed by atoms with Crippen LogP contribution in [0.4, 0.5) is 4.39 Å². The largest absolute Gasteiger partial charge is 0.486 e. The fourth-order valence-corrected chi connectivity index (χ4v) is 1.90. The van der Waals surface area contributed by atoms with Crippen LogP contribution in [0.1, 0.15) is 6.42 Å². The summed E-state index contributed by atoms with van der Waals surface area (Å²) in [5.41, 5.74) is 0. The molecule has 2 rings (SSSR count). The van der Waals surface area contributed by atoms with Crippen molar-refractivity contribution in [3.8, 4) is 5.75 Å². The molecule has 1 saturated heterocycles. The molecule has 1 fully saturated rings. The van der Waals surface area contributed by atoms with Crippen LogP contribution in [0.5, 0.6) is 5.75 Å². The summed E-state index contributed by atoms with van der Waals surface area (Å²) in [6, 6.07) is 3.96. The maximum Gasteiger partial charge on any atom is 0.138 e. The number of aliphatic hydroxyl groups excluding tert-OH is 1. The lowest BCUT2D eigenvalue weighted by Crippen LogP contribution is -2.46. The number of benzene rings is 1. The van der Waals surface area contributed by atoms with Gasteiger partial charge in [-0.3, -0.25) is 0 Å². The highest BCUT2D eigenvalue weighted by atomic mass is 35.5. The Balaban J connectivity index is 2.07. The van der Waals surface area contributed by atoms with Crippen molar-refractivity contribution in [3.05, 3.63) is 29.0 Å². The van der Waals surface area contributed by atoms with E-state index in [9.17, 15) is 9.50 Å². The smallest absolute Gasteiger partial charge is 0.138 e. The lowest BCUT2D eigenvalue weighted by Gasteiger charge is -2.29. The van der Waals surface area contributed by atoms with E-state index in [1.54, 1.807) is 0 Å². The van der Waals surface area contributed by atoms with Gasteiger partial charge in [0.25, 0.3) is 0 Å². The Bertz CT molecular complexity index is 375. The number of hydrogen-bond donors (Lipinski definition) is 2. The van der Waals surface area contributed by atoms with Gasteiger partial charge in [-0.25, -0.2) is 4.39 Å². The molecular formula is C11H13ClFNO2. The van der Waals surface area contributed by atoms with E-state index < -0.39 is 11.9 Å². The fourth-order valence-electron chi connectivity index (χ4n) is 1.69. The molecule has 1 heterocycles. The molecule has 2 atom stereocenters. The lowest BCUT2D eigenvalue weighted by molar-refractivity contribution is 0.0163. The summed E-state index contributed by atoms with van der Waals surface area (Å²) in [5.74, 6) is 0.0113. The predicted molar refractivity (Wildman–Crippen MR) is 59.3 cm³/mol. The van der Waals surface area contributed by atoms with Crippen molar-refractivity contribution in [1.29, 1.82) is 0 Å². The molecule has 0 amide bonds. The quantitative estimate of drug-likeness (QED) is 0.831. The molecule has 16 heavy (non-hydrogen) atoms. The van der Waals surface area contributed by atoms with Crippen LogP contribution >= 0.6 is 11.6 Å². The first-order valence-electron chi connectivity index (χ1n) is 5.17. The van der Waals surface area contributed by atoms with Crippen LogP contribution in [0.2, 0.25) is 5.02 Å². The predicted octanol–water partition coefficient (Wildman–Crippen LogP) is 1.58. The molecular weight excluding hydrogens is 233 g/mol. The normalized spacial score (nSPS) is 25.4. The van der Waals surface area contributed by atoms with Gasteiger partial charge in [-0.1, -0.05) is 11.6 Å². The number of rotatable bonds is 2. The topological polar surface area (TPSA) is 41.5 Å². The molecule has 3 nitrogen and oxygen atoms in total. The number of halogens is 2. The standard InChI is InChI=1S/C11H13ClFNO2/c12-8-5-7(13)1-2-10(8)16-11-3-4-14-6-9(11)15/h1-2,5,9,11,14-15H,3-4,6H2. The molecule has 0 saturated carbocycles. The molecule has 2 N–H and O–H groups in total. The minimum absolute atomic E-state index is 0.228. The second kappa shape index (κ2) is 4.99. The number of nitrogens with one attached hydrogen (secondary N) is 1. The number of piperidine rings is 1. The Labute approximate surface area is 98.2 Å². The molecule has 0 radical (unpaired) electrons. The Morgan fingerprint density at radius 1 is 1.50 bits per heavy atom. The Morgan fingerprint density at radius 3 is 3.00 bits per heavy atom. The van der Waals surface area contributed by atoms with Crippen molar-refractivity contribution >= 4 is 11.6 Å². The second-order valence-corrected chi connectivity index (χ2v) is 4.20. The highest BCUT2D eigenvalue weighted by Gasteiger charge is 2.25. The third kappa shape index (κ3) is 2.64. The van der Waals surface area contributed by atoms with E-state index in [1.165, 1.54) is 18.2 Å². The van der Waals surface area contributed by atoms with Crippen molar-refractivity contribution < 1.29 is 14.2 Å². The summed E-state index contributed by atoms with van der Waals surface area (Å²) >= 11 is 5.83. The maximum atomic E-state index is 12.8. The molecule has 1 aliphatic heterocycles. The zero-order valence-corrected chi connectivity index (χ0v) is 9.38. The highest BCUT2D eigenvalue weighted by Crippen LogP contribution is 2.27. The van der Waals surface area contributed by atoms with Gasteiger partial charge in [0.15, 0.2) is 0 Å². The van der Waals surface area contributed by atoms with Crippen LogP contribution < -0.4 is 10.1 Å². The van der Waals surface area contributed by atoms with Gasteiger partial charge in [-0.2, -0.15) is 0 Å². The molecule has 88 valence electrons. The second-order valence-electron chi connectivity index (χ2n) is 3.79. The average Bonchev–Trinajstić information content (AvgIpc) is 2.25. The minimum atomic E-state index is -0.560. The van der Waals surface area contributed by atoms with Gasteiger partial charge in [0, 0.05) is 6.54 Å². The van der Waals surface area contributed by atoms with E-state index >= 15 is 0 Å². The van der Waals surface area contributed by atoms with E-state index in [1.807, 2.05) is 0 Å². The lowest BCUT2D eigenvalue weighted by atomic mass is 10.1. The molecule has 0 aliphatic carbocycles. The van der Waals surface area contributed by atoms with E-state index in [-0.39, 0.29) is 11.1 Å². The first-order valence-corrected chi connectivity index (χ1v) is 5.55. The first kappa shape index (κ1) is 11.6.